The summed E-state index contributed by atoms with van der Waals surface area (Å²) in [6.07, 6.45) is -0.465. The molecule has 1 atom stereocenters. The zero-order chi connectivity index (χ0) is 13.8. The Morgan fingerprint density at radius 3 is 2.37 bits per heavy atom. The molecule has 1 aliphatic heterocycles. The molecule has 3 nitrogen and oxygen atoms in total. The van der Waals surface area contributed by atoms with Crippen molar-refractivity contribution < 1.29 is 18.1 Å². The van der Waals surface area contributed by atoms with Crippen LogP contribution in [0.15, 0.2) is 18.2 Å². The minimum Gasteiger partial charge on any atom is -0.388 e. The van der Waals surface area contributed by atoms with Crippen molar-refractivity contribution in [3.63, 3.8) is 0 Å². The summed E-state index contributed by atoms with van der Waals surface area (Å²) in [6, 6.07) is 3.09. The average molecular weight is 289 g/mol. The van der Waals surface area contributed by atoms with Crippen molar-refractivity contribution in [1.29, 1.82) is 0 Å². The Balaban J connectivity index is 1.86. The van der Waals surface area contributed by atoms with Crippen molar-refractivity contribution in [3.05, 3.63) is 35.4 Å². The first kappa shape index (κ1) is 14.6. The van der Waals surface area contributed by atoms with Gasteiger partial charge in [-0.15, -0.1) is 0 Å². The van der Waals surface area contributed by atoms with E-state index in [9.17, 15) is 18.1 Å². The fraction of sp³-hybridized carbons (Fsp3) is 0.538. The first-order valence-corrected chi connectivity index (χ1v) is 7.75. The van der Waals surface area contributed by atoms with E-state index in [0.29, 0.717) is 24.5 Å². The van der Waals surface area contributed by atoms with Gasteiger partial charge in [0.05, 0.1) is 6.10 Å². The van der Waals surface area contributed by atoms with E-state index in [4.69, 9.17) is 0 Å². The number of benzene rings is 1. The molecule has 1 aromatic rings. The quantitative estimate of drug-likeness (QED) is 0.912. The SMILES string of the molecule is O=S1CCN(CCC(O)c2cc(F)cc(F)c2)CC1. The fourth-order valence-electron chi connectivity index (χ4n) is 2.14. The molecule has 1 fully saturated rings. The predicted molar refractivity (Wildman–Crippen MR) is 70.3 cm³/mol. The van der Waals surface area contributed by atoms with Crippen molar-refractivity contribution in [2.45, 2.75) is 12.5 Å². The zero-order valence-corrected chi connectivity index (χ0v) is 11.3. The molecule has 1 saturated heterocycles. The first-order valence-electron chi connectivity index (χ1n) is 6.26. The van der Waals surface area contributed by atoms with Gasteiger partial charge in [-0.3, -0.25) is 4.21 Å². The van der Waals surface area contributed by atoms with E-state index in [0.717, 1.165) is 31.3 Å². The van der Waals surface area contributed by atoms with Gasteiger partial charge < -0.3 is 10.0 Å². The van der Waals surface area contributed by atoms with Gasteiger partial charge in [-0.1, -0.05) is 0 Å². The van der Waals surface area contributed by atoms with E-state index in [1.54, 1.807) is 0 Å². The molecule has 0 aromatic heterocycles. The van der Waals surface area contributed by atoms with Crippen LogP contribution in [0, 0.1) is 11.6 Å². The maximum atomic E-state index is 13.0. The van der Waals surface area contributed by atoms with Crippen LogP contribution >= 0.6 is 0 Å². The van der Waals surface area contributed by atoms with Crippen LogP contribution in [0.5, 0.6) is 0 Å². The maximum Gasteiger partial charge on any atom is 0.126 e. The lowest BCUT2D eigenvalue weighted by atomic mass is 10.1. The lowest BCUT2D eigenvalue weighted by Gasteiger charge is -2.26. The number of hydrogen-bond donors (Lipinski definition) is 1. The summed E-state index contributed by atoms with van der Waals surface area (Å²) in [4.78, 5) is 2.11. The molecule has 19 heavy (non-hydrogen) atoms. The second kappa shape index (κ2) is 6.54. The number of nitrogens with zero attached hydrogens (tertiary/aromatic N) is 1. The van der Waals surface area contributed by atoms with Crippen LogP contribution < -0.4 is 0 Å². The molecule has 6 heteroatoms. The normalized spacial score (nSPS) is 19.5. The number of rotatable bonds is 4. The third-order valence-electron chi connectivity index (χ3n) is 3.26. The monoisotopic (exact) mass is 289 g/mol. The van der Waals surface area contributed by atoms with Gasteiger partial charge in [-0.2, -0.15) is 0 Å². The van der Waals surface area contributed by atoms with Crippen LogP contribution in [-0.4, -0.2) is 45.4 Å². The minimum absolute atomic E-state index is 0.262. The summed E-state index contributed by atoms with van der Waals surface area (Å²) >= 11 is 0. The Hall–Kier alpha value is -0.850. The minimum atomic E-state index is -0.877. The van der Waals surface area contributed by atoms with E-state index >= 15 is 0 Å². The van der Waals surface area contributed by atoms with Gasteiger partial charge in [0, 0.05) is 48.0 Å². The van der Waals surface area contributed by atoms with Crippen LogP contribution in [0.2, 0.25) is 0 Å². The Morgan fingerprint density at radius 2 is 1.79 bits per heavy atom. The largest absolute Gasteiger partial charge is 0.388 e. The Bertz CT molecular complexity index is 440. The van der Waals surface area contributed by atoms with E-state index in [1.165, 1.54) is 0 Å². The van der Waals surface area contributed by atoms with Gasteiger partial charge >= 0.3 is 0 Å². The highest BCUT2D eigenvalue weighted by atomic mass is 32.2. The van der Waals surface area contributed by atoms with Gasteiger partial charge in [0.25, 0.3) is 0 Å². The lowest BCUT2D eigenvalue weighted by molar-refractivity contribution is 0.144. The standard InChI is InChI=1S/C13H17F2NO2S/c14-11-7-10(8-12(15)9-11)13(17)1-2-16-3-5-19(18)6-4-16/h7-9,13,17H,1-6H2. The zero-order valence-electron chi connectivity index (χ0n) is 10.5. The molecule has 0 radical (unpaired) electrons. The lowest BCUT2D eigenvalue weighted by Crippen LogP contribution is -2.38. The van der Waals surface area contributed by atoms with Gasteiger partial charge in [0.2, 0.25) is 0 Å². The van der Waals surface area contributed by atoms with Crippen LogP contribution in [-0.2, 0) is 10.8 Å². The summed E-state index contributed by atoms with van der Waals surface area (Å²) in [6.45, 7) is 2.13. The number of halogens is 2. The second-order valence-corrected chi connectivity index (χ2v) is 6.39. The van der Waals surface area contributed by atoms with E-state index in [-0.39, 0.29) is 5.56 Å². The van der Waals surface area contributed by atoms with Crippen LogP contribution in [0.1, 0.15) is 18.1 Å². The molecule has 1 heterocycles. The number of hydrogen-bond acceptors (Lipinski definition) is 3. The second-order valence-electron chi connectivity index (χ2n) is 4.70. The summed E-state index contributed by atoms with van der Waals surface area (Å²) in [5.74, 6) is -0.0418. The highest BCUT2D eigenvalue weighted by molar-refractivity contribution is 7.85. The summed E-state index contributed by atoms with van der Waals surface area (Å²) in [5, 5.41) is 9.93. The molecule has 1 aliphatic rings. The topological polar surface area (TPSA) is 40.5 Å². The first-order chi connectivity index (χ1) is 9.04. The molecular weight excluding hydrogens is 272 g/mol. The van der Waals surface area contributed by atoms with Crippen LogP contribution in [0.3, 0.4) is 0 Å². The van der Waals surface area contributed by atoms with Gasteiger partial charge in [0.1, 0.15) is 11.6 Å². The highest BCUT2D eigenvalue weighted by Crippen LogP contribution is 2.19. The molecule has 106 valence electrons. The van der Waals surface area contributed by atoms with E-state index in [2.05, 4.69) is 4.90 Å². The Morgan fingerprint density at radius 1 is 1.21 bits per heavy atom. The molecule has 1 unspecified atom stereocenters. The Labute approximate surface area is 113 Å². The average Bonchev–Trinajstić information content (AvgIpc) is 2.36. The van der Waals surface area contributed by atoms with Crippen LogP contribution in [0.25, 0.3) is 0 Å². The molecule has 1 N–H and O–H groups in total. The molecule has 1 aromatic carbocycles. The van der Waals surface area contributed by atoms with Crippen molar-refractivity contribution >= 4 is 10.8 Å². The molecule has 0 bridgehead atoms. The molecule has 2 rings (SSSR count). The smallest absolute Gasteiger partial charge is 0.126 e. The number of aliphatic hydroxyl groups is 1. The predicted octanol–water partition coefficient (Wildman–Crippen LogP) is 1.45. The molecule has 0 aliphatic carbocycles. The molecule has 0 amide bonds. The molecule has 0 spiro atoms. The molecule has 0 saturated carbocycles. The highest BCUT2D eigenvalue weighted by Gasteiger charge is 2.17. The van der Waals surface area contributed by atoms with Crippen molar-refractivity contribution in [2.24, 2.45) is 0 Å². The summed E-state index contributed by atoms with van der Waals surface area (Å²) < 4.78 is 37.3. The Kier molecular flexibility index (Phi) is 5.01. The fourth-order valence-corrected chi connectivity index (χ4v) is 3.27. The van der Waals surface area contributed by atoms with E-state index < -0.39 is 28.5 Å². The van der Waals surface area contributed by atoms with Crippen molar-refractivity contribution in [2.75, 3.05) is 31.1 Å². The van der Waals surface area contributed by atoms with Crippen molar-refractivity contribution in [1.82, 2.24) is 4.90 Å². The van der Waals surface area contributed by atoms with Gasteiger partial charge in [0.15, 0.2) is 0 Å². The van der Waals surface area contributed by atoms with E-state index in [1.807, 2.05) is 0 Å². The van der Waals surface area contributed by atoms with Crippen molar-refractivity contribution in [3.8, 4) is 0 Å². The maximum absolute atomic E-state index is 13.0. The summed E-state index contributed by atoms with van der Waals surface area (Å²) in [5.41, 5.74) is 0.262. The summed E-state index contributed by atoms with van der Waals surface area (Å²) in [7, 11) is -0.721. The third kappa shape index (κ3) is 4.33. The molecular formula is C13H17F2NO2S. The van der Waals surface area contributed by atoms with Gasteiger partial charge in [-0.05, 0) is 24.1 Å². The van der Waals surface area contributed by atoms with Crippen LogP contribution in [0.4, 0.5) is 8.78 Å². The number of aliphatic hydroxyl groups excluding tert-OH is 1. The van der Waals surface area contributed by atoms with Gasteiger partial charge in [-0.25, -0.2) is 8.78 Å². The third-order valence-corrected chi connectivity index (χ3v) is 4.53.